The van der Waals surface area contributed by atoms with Crippen LogP contribution in [0.3, 0.4) is 0 Å². The van der Waals surface area contributed by atoms with Crippen LogP contribution in [0.15, 0.2) is 24.5 Å². The second-order valence-corrected chi connectivity index (χ2v) is 5.41. The van der Waals surface area contributed by atoms with Crippen molar-refractivity contribution in [1.82, 2.24) is 10.3 Å². The standard InChI is InChI=1S/C15H25N3O/c1-13(19)3-2-8-17-14-6-11-18(12-7-14)15-4-9-16-10-5-15/h4-5,9-10,13-14,17,19H,2-3,6-8,11-12H2,1H3. The van der Waals surface area contributed by atoms with Gasteiger partial charge in [-0.05, 0) is 51.3 Å². The van der Waals surface area contributed by atoms with Gasteiger partial charge >= 0.3 is 0 Å². The van der Waals surface area contributed by atoms with Crippen LogP contribution in [0.25, 0.3) is 0 Å². The summed E-state index contributed by atoms with van der Waals surface area (Å²) in [6.07, 6.45) is 7.88. The second kappa shape index (κ2) is 7.46. The van der Waals surface area contributed by atoms with E-state index >= 15 is 0 Å². The summed E-state index contributed by atoms with van der Waals surface area (Å²) >= 11 is 0. The Morgan fingerprint density at radius 3 is 2.68 bits per heavy atom. The van der Waals surface area contributed by atoms with Crippen molar-refractivity contribution in [2.75, 3.05) is 24.5 Å². The first-order chi connectivity index (χ1) is 9.25. The lowest BCUT2D eigenvalue weighted by Crippen LogP contribution is -2.42. The van der Waals surface area contributed by atoms with E-state index in [-0.39, 0.29) is 6.10 Å². The van der Waals surface area contributed by atoms with Crippen molar-refractivity contribution < 1.29 is 5.11 Å². The molecule has 4 nitrogen and oxygen atoms in total. The molecule has 0 bridgehead atoms. The molecule has 4 heteroatoms. The van der Waals surface area contributed by atoms with E-state index in [0.717, 1.165) is 32.5 Å². The van der Waals surface area contributed by atoms with Gasteiger partial charge in [0.2, 0.25) is 0 Å². The molecule has 0 aliphatic carbocycles. The topological polar surface area (TPSA) is 48.4 Å². The number of anilines is 1. The zero-order valence-electron chi connectivity index (χ0n) is 11.8. The highest BCUT2D eigenvalue weighted by Crippen LogP contribution is 2.18. The Bertz CT molecular complexity index is 348. The van der Waals surface area contributed by atoms with Crippen molar-refractivity contribution in [2.45, 2.75) is 44.8 Å². The largest absolute Gasteiger partial charge is 0.393 e. The lowest BCUT2D eigenvalue weighted by Gasteiger charge is -2.34. The molecule has 1 saturated heterocycles. The van der Waals surface area contributed by atoms with Gasteiger partial charge in [0.25, 0.3) is 0 Å². The van der Waals surface area contributed by atoms with Gasteiger partial charge in [0.15, 0.2) is 0 Å². The van der Waals surface area contributed by atoms with E-state index in [4.69, 9.17) is 0 Å². The van der Waals surface area contributed by atoms with Crippen LogP contribution < -0.4 is 10.2 Å². The van der Waals surface area contributed by atoms with Gasteiger partial charge in [-0.2, -0.15) is 0 Å². The van der Waals surface area contributed by atoms with Gasteiger partial charge in [-0.15, -0.1) is 0 Å². The number of hydrogen-bond acceptors (Lipinski definition) is 4. The molecule has 1 aliphatic heterocycles. The van der Waals surface area contributed by atoms with E-state index in [9.17, 15) is 5.11 Å². The van der Waals surface area contributed by atoms with Crippen LogP contribution in [-0.2, 0) is 0 Å². The Morgan fingerprint density at radius 1 is 1.37 bits per heavy atom. The van der Waals surface area contributed by atoms with E-state index < -0.39 is 0 Å². The van der Waals surface area contributed by atoms with E-state index in [2.05, 4.69) is 27.3 Å². The third-order valence-electron chi connectivity index (χ3n) is 3.75. The van der Waals surface area contributed by atoms with Gasteiger partial charge in [0.1, 0.15) is 0 Å². The number of aromatic nitrogens is 1. The SMILES string of the molecule is CC(O)CCCNC1CCN(c2ccncc2)CC1. The molecular formula is C15H25N3O. The molecular weight excluding hydrogens is 238 g/mol. The molecule has 2 rings (SSSR count). The summed E-state index contributed by atoms with van der Waals surface area (Å²) in [5.41, 5.74) is 1.28. The molecule has 106 valence electrons. The highest BCUT2D eigenvalue weighted by molar-refractivity contribution is 5.44. The predicted octanol–water partition coefficient (Wildman–Crippen LogP) is 1.80. The van der Waals surface area contributed by atoms with E-state index in [1.165, 1.54) is 18.5 Å². The van der Waals surface area contributed by atoms with Crippen molar-refractivity contribution in [3.63, 3.8) is 0 Å². The molecule has 1 fully saturated rings. The van der Waals surface area contributed by atoms with E-state index in [1.54, 1.807) is 0 Å². The zero-order chi connectivity index (χ0) is 13.5. The molecule has 1 atom stereocenters. The number of nitrogens with zero attached hydrogens (tertiary/aromatic N) is 2. The minimum absolute atomic E-state index is 0.171. The van der Waals surface area contributed by atoms with Crippen LogP contribution >= 0.6 is 0 Å². The summed E-state index contributed by atoms with van der Waals surface area (Å²) in [5.74, 6) is 0. The van der Waals surface area contributed by atoms with Gasteiger partial charge in [0.05, 0.1) is 6.10 Å². The normalized spacial score (nSPS) is 18.5. The van der Waals surface area contributed by atoms with Crippen molar-refractivity contribution >= 4 is 5.69 Å². The molecule has 0 spiro atoms. The summed E-state index contributed by atoms with van der Waals surface area (Å²) < 4.78 is 0. The van der Waals surface area contributed by atoms with Gasteiger partial charge in [0, 0.05) is 37.2 Å². The Hall–Kier alpha value is -1.13. The molecule has 0 saturated carbocycles. The average Bonchev–Trinajstić information content (AvgIpc) is 2.45. The minimum Gasteiger partial charge on any atom is -0.393 e. The number of aliphatic hydroxyl groups excluding tert-OH is 1. The van der Waals surface area contributed by atoms with Crippen LogP contribution in [0, 0.1) is 0 Å². The average molecular weight is 263 g/mol. The Morgan fingerprint density at radius 2 is 2.05 bits per heavy atom. The number of nitrogens with one attached hydrogen (secondary N) is 1. The van der Waals surface area contributed by atoms with Crippen LogP contribution in [0.5, 0.6) is 0 Å². The van der Waals surface area contributed by atoms with E-state index in [0.29, 0.717) is 6.04 Å². The number of rotatable bonds is 6. The fourth-order valence-corrected chi connectivity index (χ4v) is 2.60. The molecule has 1 aliphatic rings. The summed E-state index contributed by atoms with van der Waals surface area (Å²) in [5, 5.41) is 12.8. The summed E-state index contributed by atoms with van der Waals surface area (Å²) in [4.78, 5) is 6.49. The monoisotopic (exact) mass is 263 g/mol. The maximum Gasteiger partial charge on any atom is 0.0512 e. The highest BCUT2D eigenvalue weighted by Gasteiger charge is 2.18. The van der Waals surface area contributed by atoms with Crippen molar-refractivity contribution in [2.24, 2.45) is 0 Å². The van der Waals surface area contributed by atoms with Crippen LogP contribution in [0.2, 0.25) is 0 Å². The van der Waals surface area contributed by atoms with Gasteiger partial charge < -0.3 is 15.3 Å². The molecule has 0 amide bonds. The molecule has 19 heavy (non-hydrogen) atoms. The number of pyridine rings is 1. The fraction of sp³-hybridized carbons (Fsp3) is 0.667. The lowest BCUT2D eigenvalue weighted by atomic mass is 10.0. The maximum absolute atomic E-state index is 9.21. The summed E-state index contributed by atoms with van der Waals surface area (Å²) in [6.45, 7) is 5.09. The van der Waals surface area contributed by atoms with Crippen LogP contribution in [0.1, 0.15) is 32.6 Å². The third-order valence-corrected chi connectivity index (χ3v) is 3.75. The number of piperidine rings is 1. The highest BCUT2D eigenvalue weighted by atomic mass is 16.3. The fourth-order valence-electron chi connectivity index (χ4n) is 2.60. The predicted molar refractivity (Wildman–Crippen MR) is 78.4 cm³/mol. The number of hydrogen-bond donors (Lipinski definition) is 2. The molecule has 0 aromatic carbocycles. The first-order valence-electron chi connectivity index (χ1n) is 7.32. The molecule has 1 aromatic rings. The molecule has 1 aromatic heterocycles. The van der Waals surface area contributed by atoms with Gasteiger partial charge in [-0.3, -0.25) is 4.98 Å². The molecule has 2 N–H and O–H groups in total. The summed E-state index contributed by atoms with van der Waals surface area (Å²) in [6, 6.07) is 4.79. The molecule has 0 radical (unpaired) electrons. The third kappa shape index (κ3) is 4.80. The Labute approximate surface area is 115 Å². The Kier molecular flexibility index (Phi) is 5.61. The summed E-state index contributed by atoms with van der Waals surface area (Å²) in [7, 11) is 0. The zero-order valence-corrected chi connectivity index (χ0v) is 11.8. The molecule has 2 heterocycles. The smallest absolute Gasteiger partial charge is 0.0512 e. The minimum atomic E-state index is -0.171. The number of aliphatic hydroxyl groups is 1. The quantitative estimate of drug-likeness (QED) is 0.768. The maximum atomic E-state index is 9.21. The first-order valence-corrected chi connectivity index (χ1v) is 7.32. The van der Waals surface area contributed by atoms with Gasteiger partial charge in [-0.1, -0.05) is 0 Å². The molecule has 1 unspecified atom stereocenters. The van der Waals surface area contributed by atoms with Crippen molar-refractivity contribution in [3.8, 4) is 0 Å². The first kappa shape index (κ1) is 14.3. The second-order valence-electron chi connectivity index (χ2n) is 5.41. The van der Waals surface area contributed by atoms with Crippen LogP contribution in [-0.4, -0.2) is 41.9 Å². The van der Waals surface area contributed by atoms with E-state index in [1.807, 2.05) is 19.3 Å². The Balaban J connectivity index is 1.65. The lowest BCUT2D eigenvalue weighted by molar-refractivity contribution is 0.180. The van der Waals surface area contributed by atoms with Crippen LogP contribution in [0.4, 0.5) is 5.69 Å². The van der Waals surface area contributed by atoms with Gasteiger partial charge in [-0.25, -0.2) is 0 Å². The van der Waals surface area contributed by atoms with Crippen molar-refractivity contribution in [3.05, 3.63) is 24.5 Å². The van der Waals surface area contributed by atoms with Crippen molar-refractivity contribution in [1.29, 1.82) is 0 Å².